The molecule has 4 aromatic rings. The van der Waals surface area contributed by atoms with E-state index in [1.807, 2.05) is 0 Å². The van der Waals surface area contributed by atoms with Gasteiger partial charge >= 0.3 is 6.80 Å². The minimum absolute atomic E-state index is 0.0482. The summed E-state index contributed by atoms with van der Waals surface area (Å²) < 4.78 is 94.8. The zero-order valence-electron chi connectivity index (χ0n) is 22.8. The van der Waals surface area contributed by atoms with Crippen LogP contribution in [0.15, 0.2) is 23.8 Å². The average molecular weight is 690 g/mol. The van der Waals surface area contributed by atoms with E-state index >= 15 is 8.78 Å². The van der Waals surface area contributed by atoms with E-state index in [0.29, 0.717) is 0 Å². The highest BCUT2D eigenvalue weighted by molar-refractivity contribution is 8.44. The Bertz CT molecular complexity index is 1950. The van der Waals surface area contributed by atoms with E-state index in [2.05, 4.69) is 42.2 Å². The van der Waals surface area contributed by atoms with Crippen LogP contribution >= 0.6 is 26.5 Å². The van der Waals surface area contributed by atoms with Crippen LogP contribution in [0.2, 0.25) is 0 Å². The standard InChI is InChI=1S/C20H23BF2N10O9P2S/c21-43(35)37-1-6-13(9(23)18(39-6)32-4-28-10-14(24)26-3-27-15(10)32)42-44(36,45)38-2-7-12(41-43)8(22)19(40-7)33-5-29-11-16(33)30-20(25)31-17(11)34/h3-9,12-13,18-19H,1-2,21H2,(H,36,45)(H2,24,26,27)(H3,25,30,31,34)/t6-,7-,8?,9?,12?,13?,18-,19-,43+,44+/m1/s1. The van der Waals surface area contributed by atoms with Crippen molar-refractivity contribution in [1.82, 2.24) is 39.0 Å². The molecule has 7 heterocycles. The lowest BCUT2D eigenvalue weighted by Crippen LogP contribution is -2.37. The van der Waals surface area contributed by atoms with Gasteiger partial charge in [-0.15, -0.1) is 0 Å². The first kappa shape index (κ1) is 30.6. The summed E-state index contributed by atoms with van der Waals surface area (Å²) in [4.78, 5) is 34.5. The van der Waals surface area contributed by atoms with Crippen molar-refractivity contribution < 1.29 is 45.5 Å². The number of rotatable bonds is 2. The minimum Gasteiger partial charge on any atom is -0.382 e. The van der Waals surface area contributed by atoms with E-state index in [4.69, 9.17) is 39.0 Å². The molecule has 0 aliphatic carbocycles. The normalized spacial score (nSPS) is 37.7. The molecule has 25 heteroatoms. The van der Waals surface area contributed by atoms with Gasteiger partial charge in [-0.2, -0.15) is 4.98 Å². The Labute approximate surface area is 255 Å². The van der Waals surface area contributed by atoms with Gasteiger partial charge in [0, 0.05) is 0 Å². The SMILES string of the molecule is B[P@]1(=O)OC[C@H]2O[C@@H](n3cnc4c(N)ncnc43)C(F)C2O[P@@](=O)(S)OC[C@H]2O[C@@H](n3cnc4c(=O)[nH]c(N)nc43)C(F)C2O1. The van der Waals surface area contributed by atoms with Crippen molar-refractivity contribution in [2.24, 2.45) is 0 Å². The number of nitrogens with zero attached hydrogens (tertiary/aromatic N) is 7. The van der Waals surface area contributed by atoms with Crippen LogP contribution in [0, 0.1) is 0 Å². The molecule has 45 heavy (non-hydrogen) atoms. The van der Waals surface area contributed by atoms with E-state index in [1.165, 1.54) is 10.9 Å². The smallest absolute Gasteiger partial charge is 0.382 e. The maximum Gasteiger partial charge on any atom is 0.386 e. The Hall–Kier alpha value is -3.01. The van der Waals surface area contributed by atoms with Crippen LogP contribution in [0.5, 0.6) is 0 Å². The Morgan fingerprint density at radius 1 is 0.911 bits per heavy atom. The number of fused-ring (bicyclic) bond motifs is 4. The predicted octanol–water partition coefficient (Wildman–Crippen LogP) is 0.191. The van der Waals surface area contributed by atoms with Crippen LogP contribution in [0.1, 0.15) is 12.5 Å². The molecule has 19 nitrogen and oxygen atoms in total. The summed E-state index contributed by atoms with van der Waals surface area (Å²) in [6.45, 7) is -5.69. The van der Waals surface area contributed by atoms with Gasteiger partial charge in [-0.25, -0.2) is 33.3 Å². The van der Waals surface area contributed by atoms with E-state index in [-0.39, 0.29) is 34.1 Å². The first-order chi connectivity index (χ1) is 21.3. The fourth-order valence-electron chi connectivity index (χ4n) is 5.35. The summed E-state index contributed by atoms with van der Waals surface area (Å²) in [5.74, 6) is -0.208. The van der Waals surface area contributed by atoms with Gasteiger partial charge in [-0.1, -0.05) is 12.2 Å². The summed E-state index contributed by atoms with van der Waals surface area (Å²) in [7, 11) is -3.06. The molecule has 3 aliphatic rings. The molecule has 3 aliphatic heterocycles. The molecule has 0 amide bonds. The van der Waals surface area contributed by atoms with Crippen LogP contribution < -0.4 is 17.0 Å². The van der Waals surface area contributed by atoms with Crippen molar-refractivity contribution in [3.63, 3.8) is 0 Å². The molecule has 0 spiro atoms. The highest BCUT2D eigenvalue weighted by Gasteiger charge is 2.54. The number of nitrogen functional groups attached to an aromatic ring is 2. The Kier molecular flexibility index (Phi) is 7.53. The average Bonchev–Trinajstić information content (AvgIpc) is 3.72. The summed E-state index contributed by atoms with van der Waals surface area (Å²) in [6, 6.07) is 0. The van der Waals surface area contributed by atoms with Crippen LogP contribution in [-0.2, 0) is 36.7 Å². The van der Waals surface area contributed by atoms with Crippen LogP contribution in [-0.4, -0.2) is 96.6 Å². The van der Waals surface area contributed by atoms with E-state index in [1.54, 1.807) is 0 Å². The first-order valence-electron chi connectivity index (χ1n) is 13.1. The third kappa shape index (κ3) is 5.45. The number of aromatic amines is 1. The molecule has 0 aromatic carbocycles. The summed E-state index contributed by atoms with van der Waals surface area (Å²) in [5.41, 5.74) is 10.9. The van der Waals surface area contributed by atoms with Crippen molar-refractivity contribution in [3.05, 3.63) is 29.3 Å². The number of aromatic nitrogens is 8. The number of alkyl halides is 2. The number of imidazole rings is 2. The van der Waals surface area contributed by atoms with Gasteiger partial charge in [-0.05, 0) is 0 Å². The van der Waals surface area contributed by atoms with E-state index in [9.17, 15) is 13.9 Å². The number of hydrogen-bond acceptors (Lipinski definition) is 16. The number of hydrogen-bond donors (Lipinski definition) is 4. The maximum atomic E-state index is 16.0. The number of thiol groups is 1. The fraction of sp³-hybridized carbons (Fsp3) is 0.500. The van der Waals surface area contributed by atoms with Gasteiger partial charge in [0.25, 0.3) is 20.6 Å². The van der Waals surface area contributed by atoms with Crippen molar-refractivity contribution in [1.29, 1.82) is 0 Å². The van der Waals surface area contributed by atoms with Crippen LogP contribution in [0.25, 0.3) is 22.3 Å². The molecule has 0 saturated carbocycles. The van der Waals surface area contributed by atoms with Crippen molar-refractivity contribution >= 4 is 68.2 Å². The van der Waals surface area contributed by atoms with Crippen LogP contribution in [0.4, 0.5) is 20.5 Å². The fourth-order valence-corrected chi connectivity index (χ4v) is 8.01. The Morgan fingerprint density at radius 2 is 1.51 bits per heavy atom. The lowest BCUT2D eigenvalue weighted by atomic mass is 10.1. The van der Waals surface area contributed by atoms with Gasteiger partial charge in [0.1, 0.15) is 36.3 Å². The predicted molar refractivity (Wildman–Crippen MR) is 154 cm³/mol. The molecule has 4 unspecified atom stereocenters. The van der Waals surface area contributed by atoms with Gasteiger partial charge in [0.05, 0.1) is 25.9 Å². The van der Waals surface area contributed by atoms with Crippen molar-refractivity contribution in [2.75, 3.05) is 24.7 Å². The number of nitrogens with one attached hydrogen (secondary N) is 1. The number of halogens is 2. The zero-order valence-corrected chi connectivity index (χ0v) is 25.5. The molecule has 7 rings (SSSR count). The Balaban J connectivity index is 1.17. The number of nitrogens with two attached hydrogens (primary N) is 2. The summed E-state index contributed by atoms with van der Waals surface area (Å²) in [5, 5.41) is 0. The molecule has 240 valence electrons. The lowest BCUT2D eigenvalue weighted by molar-refractivity contribution is -0.0546. The van der Waals surface area contributed by atoms with Gasteiger partial charge in [0.2, 0.25) is 5.95 Å². The second kappa shape index (κ2) is 11.1. The third-order valence-electron chi connectivity index (χ3n) is 7.36. The molecule has 10 atom stereocenters. The molecule has 3 saturated heterocycles. The largest absolute Gasteiger partial charge is 0.386 e. The first-order valence-corrected chi connectivity index (χ1v) is 17.8. The topological polar surface area (TPSA) is 249 Å². The number of ether oxygens (including phenoxy) is 2. The second-order valence-electron chi connectivity index (χ2n) is 10.3. The number of anilines is 2. The molecule has 4 aromatic heterocycles. The lowest BCUT2D eigenvalue weighted by Gasteiger charge is -2.29. The molecular weight excluding hydrogens is 667 g/mol. The molecule has 3 fully saturated rings. The molecule has 0 radical (unpaired) electrons. The molecule has 5 N–H and O–H groups in total. The van der Waals surface area contributed by atoms with Crippen molar-refractivity contribution in [2.45, 2.75) is 49.2 Å². The molecular formula is C20H23BF2N10O9P2S. The monoisotopic (exact) mass is 690 g/mol. The highest BCUT2D eigenvalue weighted by atomic mass is 32.7. The van der Waals surface area contributed by atoms with Gasteiger partial charge in [0.15, 0.2) is 47.4 Å². The number of H-pyrrole nitrogens is 1. The Morgan fingerprint density at radius 3 is 2.20 bits per heavy atom. The van der Waals surface area contributed by atoms with Gasteiger partial charge < -0.3 is 30.0 Å². The minimum atomic E-state index is -4.41. The highest BCUT2D eigenvalue weighted by Crippen LogP contribution is 2.58. The third-order valence-corrected chi connectivity index (χ3v) is 10.2. The summed E-state index contributed by atoms with van der Waals surface area (Å²) >= 11 is 3.99. The quantitative estimate of drug-likeness (QED) is 0.125. The summed E-state index contributed by atoms with van der Waals surface area (Å²) in [6.07, 6.45) is -9.53. The molecule has 0 bridgehead atoms. The maximum absolute atomic E-state index is 16.0. The zero-order chi connectivity index (χ0) is 31.8. The van der Waals surface area contributed by atoms with E-state index < -0.39 is 82.3 Å². The second-order valence-corrected chi connectivity index (χ2v) is 15.2. The van der Waals surface area contributed by atoms with Crippen LogP contribution in [0.3, 0.4) is 0 Å². The van der Waals surface area contributed by atoms with Crippen molar-refractivity contribution in [3.8, 4) is 0 Å². The van der Waals surface area contributed by atoms with Gasteiger partial charge in [-0.3, -0.25) is 32.5 Å². The van der Waals surface area contributed by atoms with E-state index in [0.717, 1.165) is 24.8 Å².